The fourth-order valence-corrected chi connectivity index (χ4v) is 2.80. The highest BCUT2D eigenvalue weighted by Gasteiger charge is 2.16. The molecule has 7 nitrogen and oxygen atoms in total. The molecule has 1 saturated heterocycles. The number of likely N-dealkylation sites (tertiary alicyclic amines) is 1. The molecule has 25 heavy (non-hydrogen) atoms. The third kappa shape index (κ3) is 10.9. The molecular weight excluding hydrogens is 318 g/mol. The molecule has 1 rings (SSSR count). The van der Waals surface area contributed by atoms with Gasteiger partial charge in [-0.05, 0) is 52.6 Å². The standard InChI is InChI=1S/C18H37N5O2/c1-15(14-23-11-7-6-8-12-23)13-22-16(19-5)20-9-10-21-17(24)25-18(2,3)4/h15H,6-14H2,1-5H3,(H,21,24)(H2,19,20,22). The number of nitrogens with zero attached hydrogens (tertiary/aromatic N) is 2. The molecule has 0 saturated carbocycles. The number of alkyl carbamates (subject to hydrolysis) is 1. The summed E-state index contributed by atoms with van der Waals surface area (Å²) in [5.74, 6) is 1.33. The number of rotatable bonds is 7. The minimum absolute atomic E-state index is 0.396. The van der Waals surface area contributed by atoms with Crippen molar-refractivity contribution >= 4 is 12.1 Å². The van der Waals surface area contributed by atoms with Gasteiger partial charge in [0.2, 0.25) is 0 Å². The van der Waals surface area contributed by atoms with Gasteiger partial charge in [-0.25, -0.2) is 4.79 Å². The van der Waals surface area contributed by atoms with Crippen molar-refractivity contribution in [2.75, 3.05) is 46.3 Å². The highest BCUT2D eigenvalue weighted by atomic mass is 16.6. The highest BCUT2D eigenvalue weighted by Crippen LogP contribution is 2.10. The molecule has 0 aromatic rings. The highest BCUT2D eigenvalue weighted by molar-refractivity contribution is 5.79. The van der Waals surface area contributed by atoms with Crippen molar-refractivity contribution in [1.82, 2.24) is 20.9 Å². The van der Waals surface area contributed by atoms with Crippen molar-refractivity contribution in [3.63, 3.8) is 0 Å². The summed E-state index contributed by atoms with van der Waals surface area (Å²) in [6.45, 7) is 13.4. The number of piperidine rings is 1. The third-order valence-electron chi connectivity index (χ3n) is 3.95. The van der Waals surface area contributed by atoms with Crippen LogP contribution in [0.15, 0.2) is 4.99 Å². The van der Waals surface area contributed by atoms with E-state index in [1.807, 2.05) is 20.8 Å². The predicted molar refractivity (Wildman–Crippen MR) is 103 cm³/mol. The molecule has 0 aromatic heterocycles. The van der Waals surface area contributed by atoms with Gasteiger partial charge in [-0.15, -0.1) is 0 Å². The molecule has 0 bridgehead atoms. The lowest BCUT2D eigenvalue weighted by Gasteiger charge is -2.29. The van der Waals surface area contributed by atoms with Crippen LogP contribution in [0.5, 0.6) is 0 Å². The van der Waals surface area contributed by atoms with E-state index in [1.165, 1.54) is 32.4 Å². The van der Waals surface area contributed by atoms with E-state index in [0.717, 1.165) is 19.0 Å². The van der Waals surface area contributed by atoms with Crippen LogP contribution in [0.3, 0.4) is 0 Å². The van der Waals surface area contributed by atoms with Crippen molar-refractivity contribution < 1.29 is 9.53 Å². The zero-order valence-electron chi connectivity index (χ0n) is 16.7. The fourth-order valence-electron chi connectivity index (χ4n) is 2.80. The summed E-state index contributed by atoms with van der Waals surface area (Å²) in [5, 5.41) is 9.28. The Morgan fingerprint density at radius 1 is 1.12 bits per heavy atom. The normalized spacial score (nSPS) is 17.7. The van der Waals surface area contributed by atoms with Gasteiger partial charge < -0.3 is 25.6 Å². The van der Waals surface area contributed by atoms with Gasteiger partial charge in [0.1, 0.15) is 5.60 Å². The first-order valence-corrected chi connectivity index (χ1v) is 9.44. The Balaban J connectivity index is 2.14. The van der Waals surface area contributed by atoms with E-state index in [4.69, 9.17) is 4.74 Å². The number of ether oxygens (including phenoxy) is 1. The maximum atomic E-state index is 11.6. The number of carbonyl (C=O) groups is 1. The Kier molecular flexibility index (Phi) is 9.63. The zero-order valence-corrected chi connectivity index (χ0v) is 16.7. The van der Waals surface area contributed by atoms with Crippen LogP contribution in [-0.2, 0) is 4.74 Å². The molecule has 0 aliphatic carbocycles. The first kappa shape index (κ1) is 21.5. The van der Waals surface area contributed by atoms with E-state index in [2.05, 4.69) is 32.8 Å². The average Bonchev–Trinajstić information content (AvgIpc) is 2.53. The largest absolute Gasteiger partial charge is 0.444 e. The maximum absolute atomic E-state index is 11.6. The summed E-state index contributed by atoms with van der Waals surface area (Å²) in [6, 6.07) is 0. The van der Waals surface area contributed by atoms with Crippen LogP contribution in [-0.4, -0.2) is 68.9 Å². The van der Waals surface area contributed by atoms with Crippen molar-refractivity contribution in [3.05, 3.63) is 0 Å². The average molecular weight is 356 g/mol. The molecule has 146 valence electrons. The Hall–Kier alpha value is -1.50. The second-order valence-electron chi connectivity index (χ2n) is 7.77. The topological polar surface area (TPSA) is 78.0 Å². The molecule has 1 amide bonds. The van der Waals surface area contributed by atoms with Gasteiger partial charge in [0, 0.05) is 33.2 Å². The SMILES string of the molecule is CN=C(NCCNC(=O)OC(C)(C)C)NCC(C)CN1CCCCC1. The molecule has 1 fully saturated rings. The number of carbonyl (C=O) groups excluding carboxylic acids is 1. The Labute approximate surface area is 153 Å². The first-order chi connectivity index (χ1) is 11.8. The van der Waals surface area contributed by atoms with Crippen LogP contribution in [0.2, 0.25) is 0 Å². The Bertz CT molecular complexity index is 414. The zero-order chi connectivity index (χ0) is 18.7. The number of amides is 1. The number of hydrogen-bond acceptors (Lipinski definition) is 4. The molecule has 7 heteroatoms. The number of aliphatic imine (C=N–C) groups is 1. The predicted octanol–water partition coefficient (Wildman–Crippen LogP) is 1.80. The van der Waals surface area contributed by atoms with Crippen LogP contribution in [0.25, 0.3) is 0 Å². The lowest BCUT2D eigenvalue weighted by molar-refractivity contribution is 0.0529. The second-order valence-corrected chi connectivity index (χ2v) is 7.77. The summed E-state index contributed by atoms with van der Waals surface area (Å²) < 4.78 is 5.19. The summed E-state index contributed by atoms with van der Waals surface area (Å²) in [4.78, 5) is 18.3. The minimum atomic E-state index is -0.473. The second kappa shape index (κ2) is 11.2. The molecule has 1 aliphatic rings. The molecule has 0 aromatic carbocycles. The first-order valence-electron chi connectivity index (χ1n) is 9.44. The van der Waals surface area contributed by atoms with E-state index in [0.29, 0.717) is 19.0 Å². The van der Waals surface area contributed by atoms with E-state index >= 15 is 0 Å². The van der Waals surface area contributed by atoms with Crippen LogP contribution in [0.4, 0.5) is 4.79 Å². The molecule has 3 N–H and O–H groups in total. The Morgan fingerprint density at radius 2 is 1.76 bits per heavy atom. The summed E-state index contributed by atoms with van der Waals surface area (Å²) in [6.07, 6.45) is 3.63. The number of hydrogen-bond donors (Lipinski definition) is 3. The Morgan fingerprint density at radius 3 is 2.36 bits per heavy atom. The van der Waals surface area contributed by atoms with E-state index in [-0.39, 0.29) is 0 Å². The molecule has 0 spiro atoms. The van der Waals surface area contributed by atoms with Crippen LogP contribution in [0, 0.1) is 5.92 Å². The van der Waals surface area contributed by atoms with Crippen molar-refractivity contribution in [1.29, 1.82) is 0 Å². The quantitative estimate of drug-likeness (QED) is 0.369. The summed E-state index contributed by atoms with van der Waals surface area (Å²) in [5.41, 5.74) is -0.473. The monoisotopic (exact) mass is 355 g/mol. The van der Waals surface area contributed by atoms with E-state index < -0.39 is 11.7 Å². The number of nitrogens with one attached hydrogen (secondary N) is 3. The van der Waals surface area contributed by atoms with Crippen molar-refractivity contribution in [2.45, 2.75) is 52.6 Å². The molecular formula is C18H37N5O2. The van der Waals surface area contributed by atoms with Crippen LogP contribution < -0.4 is 16.0 Å². The van der Waals surface area contributed by atoms with Gasteiger partial charge in [-0.2, -0.15) is 0 Å². The fraction of sp³-hybridized carbons (Fsp3) is 0.889. The van der Waals surface area contributed by atoms with Gasteiger partial charge in [0.05, 0.1) is 0 Å². The molecule has 1 unspecified atom stereocenters. The molecule has 1 heterocycles. The minimum Gasteiger partial charge on any atom is -0.444 e. The van der Waals surface area contributed by atoms with E-state index in [1.54, 1.807) is 7.05 Å². The van der Waals surface area contributed by atoms with Gasteiger partial charge in [0.25, 0.3) is 0 Å². The van der Waals surface area contributed by atoms with Crippen molar-refractivity contribution in [2.24, 2.45) is 10.9 Å². The molecule has 0 radical (unpaired) electrons. The molecule has 1 atom stereocenters. The van der Waals surface area contributed by atoms with E-state index in [9.17, 15) is 4.79 Å². The lowest BCUT2D eigenvalue weighted by atomic mass is 10.1. The lowest BCUT2D eigenvalue weighted by Crippen LogP contribution is -2.44. The van der Waals surface area contributed by atoms with Crippen molar-refractivity contribution in [3.8, 4) is 0 Å². The van der Waals surface area contributed by atoms with Gasteiger partial charge in [0.15, 0.2) is 5.96 Å². The van der Waals surface area contributed by atoms with Crippen LogP contribution >= 0.6 is 0 Å². The van der Waals surface area contributed by atoms with Gasteiger partial charge in [-0.1, -0.05) is 13.3 Å². The smallest absolute Gasteiger partial charge is 0.407 e. The molecule has 1 aliphatic heterocycles. The maximum Gasteiger partial charge on any atom is 0.407 e. The van der Waals surface area contributed by atoms with Gasteiger partial charge >= 0.3 is 6.09 Å². The number of guanidine groups is 1. The van der Waals surface area contributed by atoms with Crippen LogP contribution in [0.1, 0.15) is 47.0 Å². The summed E-state index contributed by atoms with van der Waals surface area (Å²) in [7, 11) is 1.76. The van der Waals surface area contributed by atoms with Gasteiger partial charge in [-0.3, -0.25) is 4.99 Å². The summed E-state index contributed by atoms with van der Waals surface area (Å²) >= 11 is 0. The third-order valence-corrected chi connectivity index (χ3v) is 3.95.